The first kappa shape index (κ1) is 20.6. The number of sulfonamides is 1. The molecular weight excluding hydrogens is 350 g/mol. The largest absolute Gasteiger partial charge is 0.372 e. The van der Waals surface area contributed by atoms with E-state index in [-0.39, 0.29) is 12.5 Å². The molecule has 146 valence electrons. The van der Waals surface area contributed by atoms with Gasteiger partial charge in [0.2, 0.25) is 15.9 Å². The van der Waals surface area contributed by atoms with Crippen molar-refractivity contribution in [3.05, 3.63) is 24.3 Å². The molecule has 1 amide bonds. The fraction of sp³-hybridized carbons (Fsp3) is 0.632. The molecule has 0 radical (unpaired) electrons. The van der Waals surface area contributed by atoms with Crippen LogP contribution in [0, 0.1) is 0 Å². The van der Waals surface area contributed by atoms with E-state index in [0.29, 0.717) is 18.8 Å². The van der Waals surface area contributed by atoms with Gasteiger partial charge in [-0.3, -0.25) is 9.10 Å². The summed E-state index contributed by atoms with van der Waals surface area (Å²) < 4.78 is 25.8. The molecule has 0 atom stereocenters. The molecule has 0 spiro atoms. The Labute approximate surface area is 157 Å². The molecule has 1 aliphatic rings. The molecule has 1 saturated heterocycles. The Balaban J connectivity index is 2.17. The SMILES string of the molecule is CCCN(CCC)C(=O)CN(c1ccc(N2CCCC2)cc1)S(C)(=O)=O. The van der Waals surface area contributed by atoms with Gasteiger partial charge in [-0.25, -0.2) is 8.42 Å². The maximum Gasteiger partial charge on any atom is 0.243 e. The number of carbonyl (C=O) groups excluding carboxylic acids is 1. The number of anilines is 2. The molecule has 1 aromatic carbocycles. The van der Waals surface area contributed by atoms with Crippen LogP contribution in [-0.4, -0.2) is 58.2 Å². The van der Waals surface area contributed by atoms with Crippen LogP contribution in [0.5, 0.6) is 0 Å². The van der Waals surface area contributed by atoms with Crippen LogP contribution in [0.4, 0.5) is 11.4 Å². The van der Waals surface area contributed by atoms with E-state index in [1.165, 1.54) is 17.1 Å². The molecule has 1 aliphatic heterocycles. The average molecular weight is 382 g/mol. The zero-order valence-corrected chi connectivity index (χ0v) is 17.0. The summed E-state index contributed by atoms with van der Waals surface area (Å²) in [4.78, 5) is 16.7. The van der Waals surface area contributed by atoms with Gasteiger partial charge in [-0.1, -0.05) is 13.8 Å². The van der Waals surface area contributed by atoms with Gasteiger partial charge >= 0.3 is 0 Å². The van der Waals surface area contributed by atoms with Gasteiger partial charge in [-0.15, -0.1) is 0 Å². The van der Waals surface area contributed by atoms with Crippen molar-refractivity contribution in [2.75, 3.05) is 48.2 Å². The Morgan fingerprint density at radius 2 is 1.58 bits per heavy atom. The predicted molar refractivity (Wildman–Crippen MR) is 107 cm³/mol. The number of nitrogens with zero attached hydrogens (tertiary/aromatic N) is 3. The molecule has 6 nitrogen and oxygen atoms in total. The lowest BCUT2D eigenvalue weighted by molar-refractivity contribution is -0.129. The number of carbonyl (C=O) groups is 1. The first-order valence-corrected chi connectivity index (χ1v) is 11.3. The Morgan fingerprint density at radius 1 is 1.04 bits per heavy atom. The number of rotatable bonds is 9. The van der Waals surface area contributed by atoms with Crippen LogP contribution in [0.1, 0.15) is 39.5 Å². The number of hydrogen-bond acceptors (Lipinski definition) is 4. The third-order valence-electron chi connectivity index (χ3n) is 4.63. The Bertz CT molecular complexity index is 676. The van der Waals surface area contributed by atoms with Crippen molar-refractivity contribution in [3.8, 4) is 0 Å². The molecule has 0 N–H and O–H groups in total. The number of benzene rings is 1. The van der Waals surface area contributed by atoms with Crippen LogP contribution in [0.25, 0.3) is 0 Å². The molecular formula is C19H31N3O3S. The maximum atomic E-state index is 12.6. The van der Waals surface area contributed by atoms with Crippen molar-refractivity contribution in [2.24, 2.45) is 0 Å². The van der Waals surface area contributed by atoms with Gasteiger partial charge in [0, 0.05) is 31.9 Å². The Morgan fingerprint density at radius 3 is 2.04 bits per heavy atom. The summed E-state index contributed by atoms with van der Waals surface area (Å²) in [5.41, 5.74) is 1.64. The van der Waals surface area contributed by atoms with E-state index in [1.807, 2.05) is 26.0 Å². The highest BCUT2D eigenvalue weighted by atomic mass is 32.2. The maximum absolute atomic E-state index is 12.6. The molecule has 0 bridgehead atoms. The summed E-state index contributed by atoms with van der Waals surface area (Å²) in [6.07, 6.45) is 5.25. The second-order valence-electron chi connectivity index (χ2n) is 6.86. The fourth-order valence-corrected chi connectivity index (χ4v) is 4.18. The first-order valence-electron chi connectivity index (χ1n) is 9.47. The Hall–Kier alpha value is -1.76. The second-order valence-corrected chi connectivity index (χ2v) is 8.77. The van der Waals surface area contributed by atoms with E-state index >= 15 is 0 Å². The fourth-order valence-electron chi connectivity index (χ4n) is 3.33. The molecule has 1 heterocycles. The molecule has 26 heavy (non-hydrogen) atoms. The minimum atomic E-state index is -3.54. The van der Waals surface area contributed by atoms with Gasteiger partial charge < -0.3 is 9.80 Å². The van der Waals surface area contributed by atoms with Crippen molar-refractivity contribution in [3.63, 3.8) is 0 Å². The molecule has 0 aromatic heterocycles. The first-order chi connectivity index (χ1) is 12.4. The summed E-state index contributed by atoms with van der Waals surface area (Å²) in [6, 6.07) is 7.48. The van der Waals surface area contributed by atoms with Gasteiger partial charge in [0.05, 0.1) is 11.9 Å². The summed E-state index contributed by atoms with van der Waals surface area (Å²) >= 11 is 0. The molecule has 1 fully saturated rings. The lowest BCUT2D eigenvalue weighted by atomic mass is 10.2. The van der Waals surface area contributed by atoms with E-state index in [1.54, 1.807) is 17.0 Å². The third kappa shape index (κ3) is 5.37. The number of amides is 1. The van der Waals surface area contributed by atoms with Crippen molar-refractivity contribution in [2.45, 2.75) is 39.5 Å². The van der Waals surface area contributed by atoms with Crippen molar-refractivity contribution in [1.82, 2.24) is 4.90 Å². The van der Waals surface area contributed by atoms with Gasteiger partial charge in [0.1, 0.15) is 6.54 Å². The van der Waals surface area contributed by atoms with E-state index in [9.17, 15) is 13.2 Å². The molecule has 0 unspecified atom stereocenters. The molecule has 1 aromatic rings. The van der Waals surface area contributed by atoms with Gasteiger partial charge in [-0.05, 0) is 49.9 Å². The molecule has 0 aliphatic carbocycles. The molecule has 2 rings (SSSR count). The zero-order valence-electron chi connectivity index (χ0n) is 16.1. The van der Waals surface area contributed by atoms with Crippen LogP contribution in [-0.2, 0) is 14.8 Å². The van der Waals surface area contributed by atoms with Crippen LogP contribution in [0.3, 0.4) is 0 Å². The normalized spacial score (nSPS) is 14.5. The highest BCUT2D eigenvalue weighted by Gasteiger charge is 2.24. The second kappa shape index (κ2) is 9.26. The van der Waals surface area contributed by atoms with Crippen molar-refractivity contribution >= 4 is 27.3 Å². The van der Waals surface area contributed by atoms with Crippen molar-refractivity contribution in [1.29, 1.82) is 0 Å². The summed E-state index contributed by atoms with van der Waals surface area (Å²) in [5, 5.41) is 0. The lowest BCUT2D eigenvalue weighted by Gasteiger charge is -2.27. The minimum absolute atomic E-state index is 0.150. The standard InChI is InChI=1S/C19H31N3O3S/c1-4-12-21(13-5-2)19(23)16-22(26(3,24)25)18-10-8-17(9-11-18)20-14-6-7-15-20/h8-11H,4-7,12-16H2,1-3H3. The predicted octanol–water partition coefficient (Wildman–Crippen LogP) is 2.70. The zero-order chi connectivity index (χ0) is 19.2. The number of hydrogen-bond donors (Lipinski definition) is 0. The van der Waals surface area contributed by atoms with Gasteiger partial charge in [-0.2, -0.15) is 0 Å². The van der Waals surface area contributed by atoms with E-state index in [2.05, 4.69) is 4.90 Å². The topological polar surface area (TPSA) is 60.9 Å². The quantitative estimate of drug-likeness (QED) is 0.660. The van der Waals surface area contributed by atoms with Crippen LogP contribution in [0.2, 0.25) is 0 Å². The third-order valence-corrected chi connectivity index (χ3v) is 5.77. The monoisotopic (exact) mass is 381 g/mol. The van der Waals surface area contributed by atoms with Gasteiger partial charge in [0.25, 0.3) is 0 Å². The lowest BCUT2D eigenvalue weighted by Crippen LogP contribution is -2.43. The summed E-state index contributed by atoms with van der Waals surface area (Å²) in [7, 11) is -3.54. The van der Waals surface area contributed by atoms with Gasteiger partial charge in [0.15, 0.2) is 0 Å². The van der Waals surface area contributed by atoms with E-state index in [4.69, 9.17) is 0 Å². The van der Waals surface area contributed by atoms with E-state index < -0.39 is 10.0 Å². The molecule has 7 heteroatoms. The average Bonchev–Trinajstić information content (AvgIpc) is 3.13. The van der Waals surface area contributed by atoms with E-state index in [0.717, 1.165) is 37.9 Å². The van der Waals surface area contributed by atoms with Crippen LogP contribution >= 0.6 is 0 Å². The Kier molecular flexibility index (Phi) is 7.32. The smallest absolute Gasteiger partial charge is 0.243 e. The van der Waals surface area contributed by atoms with Crippen molar-refractivity contribution < 1.29 is 13.2 Å². The summed E-state index contributed by atoms with van der Waals surface area (Å²) in [6.45, 7) is 7.26. The minimum Gasteiger partial charge on any atom is -0.372 e. The summed E-state index contributed by atoms with van der Waals surface area (Å²) in [5.74, 6) is -0.150. The van der Waals surface area contributed by atoms with Crippen LogP contribution < -0.4 is 9.21 Å². The highest BCUT2D eigenvalue weighted by molar-refractivity contribution is 7.92. The molecule has 0 saturated carbocycles. The van der Waals surface area contributed by atoms with Crippen LogP contribution in [0.15, 0.2) is 24.3 Å². The highest BCUT2D eigenvalue weighted by Crippen LogP contribution is 2.25.